The number of nitrogens with zero attached hydrogens (tertiary/aromatic N) is 1. The van der Waals surface area contributed by atoms with Gasteiger partial charge in [0, 0.05) is 13.0 Å². The molecule has 0 aromatic carbocycles. The summed E-state index contributed by atoms with van der Waals surface area (Å²) in [4.78, 5) is 2.31. The maximum atomic E-state index is 10.6. The summed E-state index contributed by atoms with van der Waals surface area (Å²) < 4.78 is 11.8. The Morgan fingerprint density at radius 3 is 2.52 bits per heavy atom. The molecule has 1 fully saturated rings. The third kappa shape index (κ3) is 3.97. The summed E-state index contributed by atoms with van der Waals surface area (Å²) >= 11 is 0. The molecule has 0 bridgehead atoms. The smallest absolute Gasteiger partial charge is 0.239 e. The van der Waals surface area contributed by atoms with Gasteiger partial charge in [0.25, 0.3) is 0 Å². The van der Waals surface area contributed by atoms with Crippen LogP contribution >= 0.6 is 0 Å². The van der Waals surface area contributed by atoms with Crippen molar-refractivity contribution in [3.8, 4) is 0 Å². The van der Waals surface area contributed by atoms with Crippen molar-refractivity contribution >= 4 is 0 Å². The first-order valence-corrected chi connectivity index (χ1v) is 8.84. The third-order valence-electron chi connectivity index (χ3n) is 4.93. The van der Waals surface area contributed by atoms with Crippen molar-refractivity contribution in [3.63, 3.8) is 0 Å². The van der Waals surface area contributed by atoms with Gasteiger partial charge in [-0.2, -0.15) is 0 Å². The largest absolute Gasteiger partial charge is 0.358 e. The zero-order chi connectivity index (χ0) is 17.3. The molecule has 0 amide bonds. The molecule has 5 heteroatoms. The van der Waals surface area contributed by atoms with Crippen molar-refractivity contribution in [2.24, 2.45) is 5.41 Å². The normalized spacial score (nSPS) is 31.0. The lowest BCUT2D eigenvalue weighted by Gasteiger charge is -2.43. The van der Waals surface area contributed by atoms with Crippen molar-refractivity contribution in [2.75, 3.05) is 26.2 Å². The third-order valence-corrected chi connectivity index (χ3v) is 4.93. The second-order valence-corrected chi connectivity index (χ2v) is 7.84. The second kappa shape index (κ2) is 6.81. The van der Waals surface area contributed by atoms with Gasteiger partial charge in [-0.3, -0.25) is 0 Å². The summed E-state index contributed by atoms with van der Waals surface area (Å²) in [5, 5.41) is 21.2. The molecule has 2 aliphatic rings. The number of hydrogen-bond acceptors (Lipinski definition) is 5. The number of rotatable bonds is 5. The Hall–Kier alpha value is -0.460. The Labute approximate surface area is 140 Å². The van der Waals surface area contributed by atoms with Crippen LogP contribution in [0.15, 0.2) is 11.6 Å². The van der Waals surface area contributed by atoms with Gasteiger partial charge < -0.3 is 24.6 Å². The molecule has 1 spiro atoms. The fraction of sp³-hybridized carbons (Fsp3) is 0.889. The minimum absolute atomic E-state index is 0.0868. The van der Waals surface area contributed by atoms with E-state index in [0.717, 1.165) is 38.0 Å². The van der Waals surface area contributed by atoms with Crippen LogP contribution < -0.4 is 0 Å². The molecule has 2 N–H and O–H groups in total. The first-order chi connectivity index (χ1) is 10.6. The molecule has 1 aliphatic carbocycles. The molecule has 1 heterocycles. The molecule has 0 radical (unpaired) electrons. The van der Waals surface area contributed by atoms with Gasteiger partial charge in [0.15, 0.2) is 0 Å². The van der Waals surface area contributed by atoms with Gasteiger partial charge in [-0.1, -0.05) is 40.2 Å². The maximum absolute atomic E-state index is 10.6. The predicted molar refractivity (Wildman–Crippen MR) is 89.9 cm³/mol. The second-order valence-electron chi connectivity index (χ2n) is 7.84. The minimum atomic E-state index is -2.08. The van der Waals surface area contributed by atoms with E-state index in [0.29, 0.717) is 13.0 Å². The highest BCUT2D eigenvalue weighted by atomic mass is 16.8. The van der Waals surface area contributed by atoms with Crippen molar-refractivity contribution in [2.45, 2.75) is 71.6 Å². The van der Waals surface area contributed by atoms with E-state index in [2.05, 4.69) is 39.5 Å². The number of aliphatic hydroxyl groups is 2. The van der Waals surface area contributed by atoms with Gasteiger partial charge in [0.05, 0.1) is 12.7 Å². The Balaban J connectivity index is 2.08. The quantitative estimate of drug-likeness (QED) is 0.599. The standard InChI is InChI=1S/C18H33NO4/c1-6-10-19(7-2)12-15-13-22-18(23-15)9-8-14(16(3,4)5)11-17(18,20)21/h11,15,20-21H,6-10,12-13H2,1-5H3. The Morgan fingerprint density at radius 2 is 2.00 bits per heavy atom. The van der Waals surface area contributed by atoms with E-state index >= 15 is 0 Å². The highest BCUT2D eigenvalue weighted by molar-refractivity contribution is 5.22. The van der Waals surface area contributed by atoms with Gasteiger partial charge in [-0.05, 0) is 37.4 Å². The van der Waals surface area contributed by atoms with E-state index in [1.807, 2.05) is 0 Å². The molecular formula is C18H33NO4. The number of ether oxygens (including phenoxy) is 2. The SMILES string of the molecule is CCCN(CC)CC1COC2(CCC(C(C)(C)C)=CC2(O)O)O1. The molecule has 134 valence electrons. The molecule has 0 aromatic rings. The lowest BCUT2D eigenvalue weighted by atomic mass is 9.76. The van der Waals surface area contributed by atoms with E-state index in [1.54, 1.807) is 0 Å². The van der Waals surface area contributed by atoms with Crippen LogP contribution in [0.2, 0.25) is 0 Å². The molecule has 0 saturated carbocycles. The van der Waals surface area contributed by atoms with Crippen LogP contribution in [0.3, 0.4) is 0 Å². The predicted octanol–water partition coefficient (Wildman–Crippen LogP) is 2.28. The summed E-state index contributed by atoms with van der Waals surface area (Å²) in [5.41, 5.74) is 0.946. The zero-order valence-corrected chi connectivity index (χ0v) is 15.3. The summed E-state index contributed by atoms with van der Waals surface area (Å²) in [6.45, 7) is 13.7. The summed E-state index contributed by atoms with van der Waals surface area (Å²) in [7, 11) is 0. The van der Waals surface area contributed by atoms with E-state index < -0.39 is 11.6 Å². The lowest BCUT2D eigenvalue weighted by molar-refractivity contribution is -0.339. The average Bonchev–Trinajstić information content (AvgIpc) is 2.85. The van der Waals surface area contributed by atoms with Crippen LogP contribution in [0.5, 0.6) is 0 Å². The number of likely N-dealkylation sites (N-methyl/N-ethyl adjacent to an activating group) is 1. The van der Waals surface area contributed by atoms with Crippen LogP contribution in [0.4, 0.5) is 0 Å². The topological polar surface area (TPSA) is 62.2 Å². The number of allylic oxidation sites excluding steroid dienone is 1. The van der Waals surface area contributed by atoms with E-state index in [1.165, 1.54) is 6.08 Å². The minimum Gasteiger partial charge on any atom is -0.358 e. The van der Waals surface area contributed by atoms with Crippen molar-refractivity contribution in [1.29, 1.82) is 0 Å². The van der Waals surface area contributed by atoms with Gasteiger partial charge in [0.1, 0.15) is 0 Å². The lowest BCUT2D eigenvalue weighted by Crippen LogP contribution is -2.57. The zero-order valence-electron chi connectivity index (χ0n) is 15.3. The molecule has 1 aliphatic heterocycles. The molecule has 2 atom stereocenters. The van der Waals surface area contributed by atoms with E-state index in [-0.39, 0.29) is 11.5 Å². The van der Waals surface area contributed by atoms with Gasteiger partial charge in [-0.25, -0.2) is 0 Å². The Morgan fingerprint density at radius 1 is 1.30 bits per heavy atom. The van der Waals surface area contributed by atoms with Crippen molar-refractivity contribution in [3.05, 3.63) is 11.6 Å². The molecule has 2 unspecified atom stereocenters. The molecule has 1 saturated heterocycles. The van der Waals surface area contributed by atoms with Crippen molar-refractivity contribution < 1.29 is 19.7 Å². The van der Waals surface area contributed by atoms with Crippen LogP contribution in [-0.4, -0.2) is 59.0 Å². The molecule has 23 heavy (non-hydrogen) atoms. The van der Waals surface area contributed by atoms with Crippen LogP contribution in [0.25, 0.3) is 0 Å². The monoisotopic (exact) mass is 327 g/mol. The first kappa shape index (κ1) is 18.9. The number of hydrogen-bond donors (Lipinski definition) is 2. The Bertz CT molecular complexity index is 441. The highest BCUT2D eigenvalue weighted by Crippen LogP contribution is 2.46. The summed E-state index contributed by atoms with van der Waals surface area (Å²) in [6.07, 6.45) is 3.73. The molecule has 5 nitrogen and oxygen atoms in total. The summed E-state index contributed by atoms with van der Waals surface area (Å²) in [6, 6.07) is 0. The highest BCUT2D eigenvalue weighted by Gasteiger charge is 2.58. The first-order valence-electron chi connectivity index (χ1n) is 8.84. The molecular weight excluding hydrogens is 294 g/mol. The maximum Gasteiger partial charge on any atom is 0.239 e. The van der Waals surface area contributed by atoms with Gasteiger partial charge >= 0.3 is 0 Å². The average molecular weight is 327 g/mol. The van der Waals surface area contributed by atoms with Crippen LogP contribution in [0.1, 0.15) is 53.9 Å². The van der Waals surface area contributed by atoms with Crippen LogP contribution in [0, 0.1) is 5.41 Å². The van der Waals surface area contributed by atoms with E-state index in [9.17, 15) is 10.2 Å². The van der Waals surface area contributed by atoms with Crippen LogP contribution in [-0.2, 0) is 9.47 Å². The van der Waals surface area contributed by atoms with Gasteiger partial charge in [-0.15, -0.1) is 0 Å². The van der Waals surface area contributed by atoms with Gasteiger partial charge in [0.2, 0.25) is 11.6 Å². The van der Waals surface area contributed by atoms with E-state index in [4.69, 9.17) is 9.47 Å². The fourth-order valence-corrected chi connectivity index (χ4v) is 3.46. The molecule has 2 rings (SSSR count). The Kier molecular flexibility index (Phi) is 5.58. The molecule has 0 aromatic heterocycles. The van der Waals surface area contributed by atoms with Crippen molar-refractivity contribution in [1.82, 2.24) is 4.90 Å². The fourth-order valence-electron chi connectivity index (χ4n) is 3.46. The summed E-state index contributed by atoms with van der Waals surface area (Å²) in [5.74, 6) is -3.40.